The average molecular weight is 633 g/mol. The van der Waals surface area contributed by atoms with Crippen LogP contribution in [0.25, 0.3) is 0 Å². The number of amidine groups is 1. The molecule has 46 heavy (non-hydrogen) atoms. The Labute approximate surface area is 273 Å². The number of hydrogen-bond acceptors (Lipinski definition) is 8. The van der Waals surface area contributed by atoms with Gasteiger partial charge in [-0.3, -0.25) is 4.90 Å². The van der Waals surface area contributed by atoms with Gasteiger partial charge >= 0.3 is 11.9 Å². The van der Waals surface area contributed by atoms with Gasteiger partial charge in [0.1, 0.15) is 5.57 Å². The zero-order chi connectivity index (χ0) is 32.3. The van der Waals surface area contributed by atoms with Crippen molar-refractivity contribution >= 4 is 46.4 Å². The summed E-state index contributed by atoms with van der Waals surface area (Å²) in [5, 5.41) is 7.64. The lowest BCUT2D eigenvalue weighted by Gasteiger charge is -2.45. The van der Waals surface area contributed by atoms with Crippen molar-refractivity contribution in [3.8, 4) is 0 Å². The second kappa shape index (κ2) is 12.9. The van der Waals surface area contributed by atoms with Crippen molar-refractivity contribution in [3.05, 3.63) is 149 Å². The third-order valence-corrected chi connectivity index (χ3v) is 8.08. The molecule has 8 nitrogen and oxygen atoms in total. The smallest absolute Gasteiger partial charge is 0.340 e. The number of hydrogen-bond donors (Lipinski definition) is 0. The molecular weight excluding hydrogens is 600 g/mol. The van der Waals surface area contributed by atoms with E-state index in [0.29, 0.717) is 33.5 Å². The summed E-state index contributed by atoms with van der Waals surface area (Å²) in [6, 6.07) is 36.3. The minimum Gasteiger partial charge on any atom is -0.463 e. The van der Waals surface area contributed by atoms with Gasteiger partial charge in [-0.25, -0.2) is 14.6 Å². The molecule has 2 heterocycles. The maximum absolute atomic E-state index is 14.3. The first-order valence-electron chi connectivity index (χ1n) is 15.1. The number of para-hydroxylation sites is 2. The van der Waals surface area contributed by atoms with Crippen LogP contribution in [0.4, 0.5) is 17.1 Å². The molecule has 1 spiro atoms. The number of carbonyl (C=O) groups is 2. The van der Waals surface area contributed by atoms with Crippen molar-refractivity contribution in [1.82, 2.24) is 0 Å². The molecule has 0 aromatic heterocycles. The number of esters is 2. The highest BCUT2D eigenvalue weighted by molar-refractivity contribution is 6.30. The van der Waals surface area contributed by atoms with E-state index in [1.807, 2.05) is 113 Å². The summed E-state index contributed by atoms with van der Waals surface area (Å²) in [4.78, 5) is 32.0. The first-order valence-corrected chi connectivity index (χ1v) is 15.5. The van der Waals surface area contributed by atoms with E-state index >= 15 is 0 Å². The number of hydrazone groups is 1. The Kier molecular flexibility index (Phi) is 8.63. The van der Waals surface area contributed by atoms with E-state index in [-0.39, 0.29) is 18.8 Å². The maximum Gasteiger partial charge on any atom is 0.340 e. The molecule has 0 saturated carbocycles. The van der Waals surface area contributed by atoms with Crippen LogP contribution in [0.15, 0.2) is 143 Å². The van der Waals surface area contributed by atoms with Gasteiger partial charge in [0, 0.05) is 28.2 Å². The summed E-state index contributed by atoms with van der Waals surface area (Å²) < 4.78 is 11.4. The van der Waals surface area contributed by atoms with Crippen LogP contribution < -0.4 is 14.8 Å². The van der Waals surface area contributed by atoms with Crippen LogP contribution in [-0.2, 0) is 19.1 Å². The molecule has 0 saturated heterocycles. The molecule has 2 aliphatic rings. The minimum atomic E-state index is -1.55. The Morgan fingerprint density at radius 3 is 1.89 bits per heavy atom. The van der Waals surface area contributed by atoms with Gasteiger partial charge in [0.05, 0.1) is 30.2 Å². The number of carbonyl (C=O) groups excluding carboxylic acids is 2. The molecule has 1 atom stereocenters. The zero-order valence-electron chi connectivity index (χ0n) is 25.8. The second-order valence-electron chi connectivity index (χ2n) is 10.6. The van der Waals surface area contributed by atoms with Gasteiger partial charge in [-0.1, -0.05) is 78.3 Å². The van der Waals surface area contributed by atoms with Crippen LogP contribution in [0.3, 0.4) is 0 Å². The van der Waals surface area contributed by atoms with E-state index in [2.05, 4.69) is 0 Å². The molecule has 6 rings (SSSR count). The van der Waals surface area contributed by atoms with E-state index in [9.17, 15) is 9.59 Å². The highest BCUT2D eigenvalue weighted by atomic mass is 35.5. The van der Waals surface area contributed by atoms with Crippen molar-refractivity contribution in [2.45, 2.75) is 26.4 Å². The topological polar surface area (TPSA) is 74.7 Å². The van der Waals surface area contributed by atoms with Crippen LogP contribution in [-0.4, -0.2) is 36.7 Å². The first-order chi connectivity index (χ1) is 22.4. The lowest BCUT2D eigenvalue weighted by Crippen LogP contribution is -2.61. The monoisotopic (exact) mass is 632 g/mol. The number of nitrogens with zero attached hydrogens (tertiary/aromatic N) is 4. The number of ether oxygens (including phenoxy) is 2. The number of halogens is 1. The number of rotatable bonds is 8. The number of benzene rings is 4. The van der Waals surface area contributed by atoms with Gasteiger partial charge in [-0.05, 0) is 69.3 Å². The van der Waals surface area contributed by atoms with Crippen LogP contribution in [0, 0.1) is 0 Å². The maximum atomic E-state index is 14.3. The van der Waals surface area contributed by atoms with Crippen molar-refractivity contribution in [3.63, 3.8) is 0 Å². The zero-order valence-corrected chi connectivity index (χ0v) is 26.5. The molecule has 2 aliphatic heterocycles. The van der Waals surface area contributed by atoms with Gasteiger partial charge < -0.3 is 14.4 Å². The fourth-order valence-corrected chi connectivity index (χ4v) is 6.07. The van der Waals surface area contributed by atoms with Gasteiger partial charge in [-0.15, -0.1) is 0 Å². The van der Waals surface area contributed by atoms with Crippen molar-refractivity contribution in [2.75, 3.05) is 28.0 Å². The van der Waals surface area contributed by atoms with E-state index in [1.54, 1.807) is 44.1 Å². The molecule has 9 heteroatoms. The fraction of sp³-hybridized carbons (Fsp3) is 0.162. The van der Waals surface area contributed by atoms with E-state index < -0.39 is 17.6 Å². The van der Waals surface area contributed by atoms with E-state index in [0.717, 1.165) is 11.3 Å². The van der Waals surface area contributed by atoms with Crippen molar-refractivity contribution in [1.29, 1.82) is 0 Å². The predicted molar refractivity (Wildman–Crippen MR) is 182 cm³/mol. The molecular formula is C37H33ClN4O4. The molecule has 232 valence electrons. The molecule has 4 aromatic rings. The SMILES string of the molecule is CCOC(=O)C1=CN(c2ccc(Cl)cc2)/C(=C(\C)C(=O)OCC)C12N(c1ccccc1)N=C(c1ccccc1)N2c1ccccc1. The fourth-order valence-electron chi connectivity index (χ4n) is 5.94. The van der Waals surface area contributed by atoms with E-state index in [1.165, 1.54) is 0 Å². The largest absolute Gasteiger partial charge is 0.463 e. The standard InChI is InChI=1S/C37H33ClN4O4/c1-4-45-35(43)26(3)33-37(32(36(44)46-5-2)25-40(33)29-23-21-28(38)22-24-29)41(30-17-11-7-12-18-30)34(27-15-9-6-10-16-27)39-42(37)31-19-13-8-14-20-31/h6-25H,4-5H2,1-3H3/b33-26+. The molecule has 0 bridgehead atoms. The lowest BCUT2D eigenvalue weighted by atomic mass is 9.91. The van der Waals surface area contributed by atoms with Gasteiger partial charge in [0.25, 0.3) is 0 Å². The van der Waals surface area contributed by atoms with Gasteiger partial charge in [0.15, 0.2) is 5.84 Å². The highest BCUT2D eigenvalue weighted by Crippen LogP contribution is 2.53. The summed E-state index contributed by atoms with van der Waals surface area (Å²) in [6.07, 6.45) is 1.73. The Morgan fingerprint density at radius 1 is 0.739 bits per heavy atom. The van der Waals surface area contributed by atoms with Crippen LogP contribution in [0.2, 0.25) is 5.02 Å². The first kappa shape index (κ1) is 30.7. The van der Waals surface area contributed by atoms with Gasteiger partial charge in [-0.2, -0.15) is 5.10 Å². The lowest BCUT2D eigenvalue weighted by molar-refractivity contribution is -0.140. The minimum absolute atomic E-state index is 0.145. The Hall–Kier alpha value is -5.34. The molecule has 0 amide bonds. The molecule has 4 aromatic carbocycles. The Morgan fingerprint density at radius 2 is 1.30 bits per heavy atom. The molecule has 1 unspecified atom stereocenters. The summed E-state index contributed by atoms with van der Waals surface area (Å²) >= 11 is 6.31. The molecule has 0 N–H and O–H groups in total. The second-order valence-corrected chi connectivity index (χ2v) is 11.0. The van der Waals surface area contributed by atoms with Gasteiger partial charge in [0.2, 0.25) is 5.66 Å². The molecule has 0 fully saturated rings. The van der Waals surface area contributed by atoms with Crippen LogP contribution in [0.5, 0.6) is 0 Å². The van der Waals surface area contributed by atoms with Crippen molar-refractivity contribution < 1.29 is 19.1 Å². The molecule has 0 radical (unpaired) electrons. The molecule has 0 aliphatic carbocycles. The summed E-state index contributed by atoms with van der Waals surface area (Å²) in [5.74, 6) is -0.513. The quantitative estimate of drug-likeness (QED) is 0.147. The highest BCUT2D eigenvalue weighted by Gasteiger charge is 2.63. The average Bonchev–Trinajstić information content (AvgIpc) is 3.62. The van der Waals surface area contributed by atoms with E-state index in [4.69, 9.17) is 26.2 Å². The normalized spacial score (nSPS) is 18.4. The van der Waals surface area contributed by atoms with Crippen LogP contribution in [0.1, 0.15) is 26.3 Å². The van der Waals surface area contributed by atoms with Crippen LogP contribution >= 0.6 is 11.6 Å². The third-order valence-electron chi connectivity index (χ3n) is 7.83. The Bertz CT molecular complexity index is 1830. The predicted octanol–water partition coefficient (Wildman–Crippen LogP) is 7.53. The van der Waals surface area contributed by atoms with Crippen molar-refractivity contribution in [2.24, 2.45) is 5.10 Å². The summed E-state index contributed by atoms with van der Waals surface area (Å²) in [6.45, 7) is 5.56. The summed E-state index contributed by atoms with van der Waals surface area (Å²) in [5.41, 5.74) is 2.38. The summed E-state index contributed by atoms with van der Waals surface area (Å²) in [7, 11) is 0. The third kappa shape index (κ3) is 5.20. The Balaban J connectivity index is 1.77. The number of anilines is 3.